The average molecular weight is 486 g/mol. The maximum absolute atomic E-state index is 10.5. The fourth-order valence-electron chi connectivity index (χ4n) is 4.71. The summed E-state index contributed by atoms with van der Waals surface area (Å²) in [5, 5.41) is 28.7. The summed E-state index contributed by atoms with van der Waals surface area (Å²) in [4.78, 5) is 2.09. The minimum atomic E-state index is -0.188. The number of aliphatic hydroxyl groups is 2. The van der Waals surface area contributed by atoms with E-state index in [9.17, 15) is 5.11 Å². The molecule has 0 aromatic heterocycles. The zero-order chi connectivity index (χ0) is 26.0. The molecule has 1 aromatic rings. The van der Waals surface area contributed by atoms with Crippen molar-refractivity contribution in [1.82, 2.24) is 4.90 Å². The van der Waals surface area contributed by atoms with E-state index in [-0.39, 0.29) is 18.8 Å². The van der Waals surface area contributed by atoms with E-state index in [0.29, 0.717) is 17.9 Å². The van der Waals surface area contributed by atoms with Crippen LogP contribution in [0.4, 0.5) is 0 Å². The summed E-state index contributed by atoms with van der Waals surface area (Å²) >= 11 is 0. The largest absolute Gasteiger partial charge is 0.508 e. The number of phenols is 1. The molecule has 5 heteroatoms. The lowest BCUT2D eigenvalue weighted by Gasteiger charge is -2.38. The van der Waals surface area contributed by atoms with Crippen LogP contribution in [0.5, 0.6) is 11.5 Å². The molecular weight excluding hydrogens is 438 g/mol. The molecule has 1 heterocycles. The molecule has 1 aliphatic rings. The van der Waals surface area contributed by atoms with Gasteiger partial charge in [-0.15, -0.1) is 0 Å². The number of nitrogens with zero attached hydrogens (tertiary/aromatic N) is 1. The Morgan fingerprint density at radius 2 is 1.63 bits per heavy atom. The van der Waals surface area contributed by atoms with E-state index in [2.05, 4.69) is 37.8 Å². The summed E-state index contributed by atoms with van der Waals surface area (Å²) in [6, 6.07) is 1.84. The monoisotopic (exact) mass is 485 g/mol. The molecule has 2 rings (SSSR count). The molecule has 0 fully saturated rings. The normalized spacial score (nSPS) is 18.4. The first-order chi connectivity index (χ1) is 16.6. The van der Waals surface area contributed by atoms with Gasteiger partial charge < -0.3 is 25.0 Å². The molecule has 1 atom stereocenters. The molecule has 0 radical (unpaired) electrons. The number of rotatable bonds is 13. The molecule has 1 aliphatic heterocycles. The molecule has 0 bridgehead atoms. The molecule has 196 valence electrons. The highest BCUT2D eigenvalue weighted by Gasteiger charge is 2.33. The first-order valence-electron chi connectivity index (χ1n) is 13.0. The molecule has 35 heavy (non-hydrogen) atoms. The second-order valence-electron chi connectivity index (χ2n) is 10.7. The Labute approximate surface area is 212 Å². The summed E-state index contributed by atoms with van der Waals surface area (Å²) in [5.74, 6) is 1.34. The molecule has 5 nitrogen and oxygen atoms in total. The number of hydrogen-bond donors (Lipinski definition) is 3. The number of ether oxygens (including phenoxy) is 1. The van der Waals surface area contributed by atoms with Gasteiger partial charge >= 0.3 is 0 Å². The minimum absolute atomic E-state index is 0.0689. The summed E-state index contributed by atoms with van der Waals surface area (Å²) < 4.78 is 6.59. The van der Waals surface area contributed by atoms with Gasteiger partial charge in [0.2, 0.25) is 0 Å². The van der Waals surface area contributed by atoms with Crippen LogP contribution in [-0.4, -0.2) is 53.1 Å². The standard InChI is InChI=1S/C30H47NO4/c1-22(12-8-14-25(20-32)21-33)10-7-11-23(2)13-9-16-30(4)17-15-26-27(19-31(5)6)28(34)18-24(3)29(26)35-30/h10,13-14,18,32-34H,7-9,11-12,15-17,19-21H2,1-6H3/b22-10+,23-13+/t30-/m1/s1. The first-order valence-corrected chi connectivity index (χ1v) is 13.0. The molecular formula is C30H47NO4. The smallest absolute Gasteiger partial charge is 0.126 e. The van der Waals surface area contributed by atoms with Gasteiger partial charge in [-0.05, 0) is 110 Å². The Morgan fingerprint density at radius 3 is 2.23 bits per heavy atom. The predicted octanol–water partition coefficient (Wildman–Crippen LogP) is 5.99. The molecule has 0 amide bonds. The van der Waals surface area contributed by atoms with E-state index in [1.807, 2.05) is 33.2 Å². The number of aromatic hydroxyl groups is 1. The average Bonchev–Trinajstić information content (AvgIpc) is 2.79. The number of phenolic OH excluding ortho intramolecular Hbond substituents is 1. The second-order valence-corrected chi connectivity index (χ2v) is 10.7. The van der Waals surface area contributed by atoms with Crippen LogP contribution in [-0.2, 0) is 13.0 Å². The van der Waals surface area contributed by atoms with Gasteiger partial charge in [0.1, 0.15) is 17.1 Å². The lowest BCUT2D eigenvalue weighted by atomic mass is 9.85. The Bertz CT molecular complexity index is 923. The van der Waals surface area contributed by atoms with Gasteiger partial charge in [0.15, 0.2) is 0 Å². The van der Waals surface area contributed by atoms with Crippen LogP contribution in [0.15, 0.2) is 41.0 Å². The second kappa shape index (κ2) is 13.9. The third-order valence-electron chi connectivity index (χ3n) is 6.96. The summed E-state index contributed by atoms with van der Waals surface area (Å²) in [6.45, 7) is 9.18. The number of benzene rings is 1. The van der Waals surface area contributed by atoms with E-state index >= 15 is 0 Å². The van der Waals surface area contributed by atoms with Gasteiger partial charge in [0.25, 0.3) is 0 Å². The maximum atomic E-state index is 10.5. The van der Waals surface area contributed by atoms with Crippen molar-refractivity contribution in [2.75, 3.05) is 27.3 Å². The Hall–Kier alpha value is -2.08. The molecule has 1 aromatic carbocycles. The molecule has 0 spiro atoms. The van der Waals surface area contributed by atoms with Gasteiger partial charge in [0.05, 0.1) is 13.2 Å². The molecule has 0 saturated heterocycles. The van der Waals surface area contributed by atoms with Crippen molar-refractivity contribution in [2.45, 2.75) is 91.2 Å². The molecule has 0 unspecified atom stereocenters. The highest BCUT2D eigenvalue weighted by Crippen LogP contribution is 2.43. The maximum Gasteiger partial charge on any atom is 0.126 e. The summed E-state index contributed by atoms with van der Waals surface area (Å²) in [7, 11) is 4.05. The van der Waals surface area contributed by atoms with Crippen LogP contribution in [0.25, 0.3) is 0 Å². The van der Waals surface area contributed by atoms with E-state index in [4.69, 9.17) is 14.9 Å². The van der Waals surface area contributed by atoms with E-state index in [0.717, 1.165) is 68.2 Å². The Morgan fingerprint density at radius 1 is 1.03 bits per heavy atom. The molecule has 0 saturated carbocycles. The van der Waals surface area contributed by atoms with Crippen molar-refractivity contribution in [1.29, 1.82) is 0 Å². The third-order valence-corrected chi connectivity index (χ3v) is 6.96. The van der Waals surface area contributed by atoms with Crippen LogP contribution >= 0.6 is 0 Å². The molecule has 0 aliphatic carbocycles. The third kappa shape index (κ3) is 9.14. The van der Waals surface area contributed by atoms with Crippen LogP contribution in [0.2, 0.25) is 0 Å². The van der Waals surface area contributed by atoms with Crippen LogP contribution in [0, 0.1) is 6.92 Å². The van der Waals surface area contributed by atoms with Crippen molar-refractivity contribution < 1.29 is 20.1 Å². The van der Waals surface area contributed by atoms with Crippen LogP contribution < -0.4 is 4.74 Å². The van der Waals surface area contributed by atoms with Crippen molar-refractivity contribution in [3.05, 3.63) is 57.7 Å². The zero-order valence-electron chi connectivity index (χ0n) is 22.8. The van der Waals surface area contributed by atoms with Crippen molar-refractivity contribution >= 4 is 0 Å². The first kappa shape index (κ1) is 29.2. The van der Waals surface area contributed by atoms with Crippen molar-refractivity contribution in [3.63, 3.8) is 0 Å². The molecule has 3 N–H and O–H groups in total. The van der Waals surface area contributed by atoms with Gasteiger partial charge in [-0.25, -0.2) is 0 Å². The highest BCUT2D eigenvalue weighted by molar-refractivity contribution is 5.54. The SMILES string of the molecule is C/C(=C\CC/C(C)=C/CC[C@]1(C)CCc2c(CN(C)C)c(O)cc(C)c2O1)CCC=C(CO)CO. The number of aliphatic hydroxyl groups excluding tert-OH is 2. The van der Waals surface area contributed by atoms with E-state index in [1.165, 1.54) is 16.7 Å². The van der Waals surface area contributed by atoms with Crippen LogP contribution in [0.1, 0.15) is 82.4 Å². The van der Waals surface area contributed by atoms with E-state index in [1.54, 1.807) is 0 Å². The van der Waals surface area contributed by atoms with Crippen LogP contribution in [0.3, 0.4) is 0 Å². The zero-order valence-corrected chi connectivity index (χ0v) is 22.8. The quantitative estimate of drug-likeness (QED) is 0.299. The number of allylic oxidation sites excluding steroid dienone is 5. The summed E-state index contributed by atoms with van der Waals surface area (Å²) in [6.07, 6.45) is 14.3. The van der Waals surface area contributed by atoms with Crippen molar-refractivity contribution in [3.8, 4) is 11.5 Å². The Kier molecular flexibility index (Phi) is 11.5. The highest BCUT2D eigenvalue weighted by atomic mass is 16.5. The fraction of sp³-hybridized carbons (Fsp3) is 0.600. The Balaban J connectivity index is 1.87. The topological polar surface area (TPSA) is 73.2 Å². The number of hydrogen-bond acceptors (Lipinski definition) is 5. The van der Waals surface area contributed by atoms with Gasteiger partial charge in [-0.3, -0.25) is 0 Å². The van der Waals surface area contributed by atoms with Gasteiger partial charge in [-0.2, -0.15) is 0 Å². The minimum Gasteiger partial charge on any atom is -0.508 e. The van der Waals surface area contributed by atoms with Gasteiger partial charge in [-0.1, -0.05) is 29.4 Å². The lowest BCUT2D eigenvalue weighted by molar-refractivity contribution is 0.0556. The van der Waals surface area contributed by atoms with Crippen molar-refractivity contribution in [2.24, 2.45) is 0 Å². The fourth-order valence-corrected chi connectivity index (χ4v) is 4.71. The number of aryl methyl sites for hydroxylation is 1. The lowest BCUT2D eigenvalue weighted by Crippen LogP contribution is -2.37. The predicted molar refractivity (Wildman–Crippen MR) is 145 cm³/mol. The van der Waals surface area contributed by atoms with Gasteiger partial charge in [0, 0.05) is 17.7 Å². The van der Waals surface area contributed by atoms with E-state index < -0.39 is 0 Å². The summed E-state index contributed by atoms with van der Waals surface area (Å²) in [5.41, 5.74) is 6.44. The number of fused-ring (bicyclic) bond motifs is 1.